The summed E-state index contributed by atoms with van der Waals surface area (Å²) in [4.78, 5) is 26.9. The summed E-state index contributed by atoms with van der Waals surface area (Å²) >= 11 is 0. The molecular weight excluding hydrogens is 408 g/mol. The third kappa shape index (κ3) is 5.24. The molecular formula is C28H34N4O. The van der Waals surface area contributed by atoms with E-state index in [1.54, 1.807) is 0 Å². The van der Waals surface area contributed by atoms with E-state index in [1.165, 1.54) is 16.7 Å². The Morgan fingerprint density at radius 2 is 1.70 bits per heavy atom. The molecule has 5 heteroatoms. The number of amides is 1. The molecule has 0 aliphatic carbocycles. The fourth-order valence-electron chi connectivity index (χ4n) is 4.50. The summed E-state index contributed by atoms with van der Waals surface area (Å²) < 4.78 is 0. The molecule has 0 saturated carbocycles. The minimum atomic E-state index is 0.0314. The lowest BCUT2D eigenvalue weighted by atomic mass is 10.00. The zero-order valence-corrected chi connectivity index (χ0v) is 20.2. The van der Waals surface area contributed by atoms with Crippen molar-refractivity contribution in [1.82, 2.24) is 14.9 Å². The van der Waals surface area contributed by atoms with Gasteiger partial charge in [0.25, 0.3) is 0 Å². The van der Waals surface area contributed by atoms with E-state index in [0.717, 1.165) is 61.9 Å². The Morgan fingerprint density at radius 1 is 0.970 bits per heavy atom. The van der Waals surface area contributed by atoms with Crippen molar-refractivity contribution in [2.45, 2.75) is 40.5 Å². The first-order valence-electron chi connectivity index (χ1n) is 12.0. The largest absolute Gasteiger partial charge is 0.353 e. The fourth-order valence-corrected chi connectivity index (χ4v) is 4.50. The van der Waals surface area contributed by atoms with Gasteiger partial charge >= 0.3 is 0 Å². The van der Waals surface area contributed by atoms with Gasteiger partial charge in [-0.05, 0) is 18.9 Å². The number of carbonyl (C=O) groups is 1. The third-order valence-corrected chi connectivity index (χ3v) is 6.29. The van der Waals surface area contributed by atoms with Gasteiger partial charge in [-0.25, -0.2) is 9.97 Å². The molecule has 33 heavy (non-hydrogen) atoms. The van der Waals surface area contributed by atoms with Crippen molar-refractivity contribution in [2.75, 3.05) is 31.1 Å². The number of piperazine rings is 1. The Kier molecular flexibility index (Phi) is 7.07. The summed E-state index contributed by atoms with van der Waals surface area (Å²) in [5.41, 5.74) is 5.86. The van der Waals surface area contributed by atoms with Crippen LogP contribution in [0.3, 0.4) is 0 Å². The zero-order valence-electron chi connectivity index (χ0n) is 20.2. The highest BCUT2D eigenvalue weighted by atomic mass is 16.2. The van der Waals surface area contributed by atoms with Gasteiger partial charge in [-0.3, -0.25) is 4.79 Å². The Morgan fingerprint density at radius 3 is 2.33 bits per heavy atom. The molecule has 1 aliphatic heterocycles. The fraction of sp³-hybridized carbons (Fsp3) is 0.393. The van der Waals surface area contributed by atoms with E-state index in [4.69, 9.17) is 9.97 Å². The summed E-state index contributed by atoms with van der Waals surface area (Å²) in [6, 6.07) is 18.9. The van der Waals surface area contributed by atoms with Gasteiger partial charge in [0, 0.05) is 55.3 Å². The van der Waals surface area contributed by atoms with Crippen molar-refractivity contribution in [3.63, 3.8) is 0 Å². The molecule has 2 aromatic carbocycles. The second-order valence-electron chi connectivity index (χ2n) is 9.15. The van der Waals surface area contributed by atoms with E-state index >= 15 is 0 Å². The maximum Gasteiger partial charge on any atom is 0.225 e. The average molecular weight is 443 g/mol. The Hall–Kier alpha value is -3.21. The predicted octanol–water partition coefficient (Wildman–Crippen LogP) is 4.91. The number of aryl methyl sites for hydroxylation is 2. The van der Waals surface area contributed by atoms with Crippen LogP contribution in [0.5, 0.6) is 0 Å². The minimum absolute atomic E-state index is 0.0314. The zero-order chi connectivity index (χ0) is 23.4. The molecule has 0 radical (unpaired) electrons. The number of rotatable bonds is 6. The van der Waals surface area contributed by atoms with Gasteiger partial charge in [-0.1, -0.05) is 80.9 Å². The maximum absolute atomic E-state index is 12.5. The summed E-state index contributed by atoms with van der Waals surface area (Å²) in [6.45, 7) is 11.3. The van der Waals surface area contributed by atoms with Crippen molar-refractivity contribution in [3.05, 3.63) is 77.0 Å². The van der Waals surface area contributed by atoms with E-state index in [9.17, 15) is 4.79 Å². The first kappa shape index (κ1) is 23.0. The monoisotopic (exact) mass is 442 g/mol. The van der Waals surface area contributed by atoms with Gasteiger partial charge < -0.3 is 9.80 Å². The Balaban J connectivity index is 1.73. The van der Waals surface area contributed by atoms with Crippen LogP contribution < -0.4 is 4.90 Å². The van der Waals surface area contributed by atoms with Crippen molar-refractivity contribution in [1.29, 1.82) is 0 Å². The van der Waals surface area contributed by atoms with Gasteiger partial charge in [-0.2, -0.15) is 0 Å². The normalized spacial score (nSPS) is 14.1. The first-order valence-corrected chi connectivity index (χ1v) is 12.0. The van der Waals surface area contributed by atoms with Crippen LogP contribution in [0.1, 0.15) is 43.2 Å². The molecule has 4 rings (SSSR count). The molecule has 1 fully saturated rings. The van der Waals surface area contributed by atoms with Crippen molar-refractivity contribution < 1.29 is 4.79 Å². The number of nitrogens with zero attached hydrogens (tertiary/aromatic N) is 4. The lowest BCUT2D eigenvalue weighted by Gasteiger charge is -2.37. The number of hydrogen-bond acceptors (Lipinski definition) is 4. The predicted molar refractivity (Wildman–Crippen MR) is 134 cm³/mol. The van der Waals surface area contributed by atoms with Crippen LogP contribution in [-0.2, 0) is 17.6 Å². The molecule has 1 amide bonds. The van der Waals surface area contributed by atoms with Crippen LogP contribution in [0.25, 0.3) is 11.4 Å². The molecule has 0 bridgehead atoms. The number of carbonyl (C=O) groups excluding carboxylic acids is 1. The first-order chi connectivity index (χ1) is 16.0. The van der Waals surface area contributed by atoms with E-state index in [1.807, 2.05) is 36.9 Å². The molecule has 0 spiro atoms. The highest BCUT2D eigenvalue weighted by molar-refractivity contribution is 5.78. The van der Waals surface area contributed by atoms with Gasteiger partial charge in [0.1, 0.15) is 5.82 Å². The highest BCUT2D eigenvalue weighted by Gasteiger charge is 2.26. The minimum Gasteiger partial charge on any atom is -0.353 e. The van der Waals surface area contributed by atoms with Crippen LogP contribution in [0.15, 0.2) is 54.6 Å². The molecule has 1 aliphatic rings. The Bertz CT molecular complexity index is 1100. The smallest absolute Gasteiger partial charge is 0.225 e. The van der Waals surface area contributed by atoms with Crippen LogP contribution in [0, 0.1) is 12.8 Å². The summed E-state index contributed by atoms with van der Waals surface area (Å²) in [5.74, 6) is 2.05. The third-order valence-electron chi connectivity index (χ3n) is 6.29. The average Bonchev–Trinajstić information content (AvgIpc) is 2.84. The quantitative estimate of drug-likeness (QED) is 0.544. The number of anilines is 1. The lowest BCUT2D eigenvalue weighted by Crippen LogP contribution is -2.50. The van der Waals surface area contributed by atoms with Gasteiger partial charge in [0.05, 0.1) is 0 Å². The highest BCUT2D eigenvalue weighted by Crippen LogP contribution is 2.29. The standard InChI is InChI=1S/C28H34N4O/c1-5-25-24(19-22-11-9-10-21(4)18-22)27(30-26(29-25)23-12-7-6-8-13-23)31-14-16-32(17-15-31)28(33)20(2)3/h6-13,18,20H,5,14-17,19H2,1-4H3. The van der Waals surface area contributed by atoms with Crippen molar-refractivity contribution >= 4 is 11.7 Å². The van der Waals surface area contributed by atoms with Crippen molar-refractivity contribution in [2.24, 2.45) is 5.92 Å². The summed E-state index contributed by atoms with van der Waals surface area (Å²) in [5, 5.41) is 0. The molecule has 1 aromatic heterocycles. The lowest BCUT2D eigenvalue weighted by molar-refractivity contribution is -0.134. The SMILES string of the molecule is CCc1nc(-c2ccccc2)nc(N2CCN(C(=O)C(C)C)CC2)c1Cc1cccc(C)c1. The van der Waals surface area contributed by atoms with E-state index in [0.29, 0.717) is 0 Å². The van der Waals surface area contributed by atoms with E-state index in [2.05, 4.69) is 55.1 Å². The van der Waals surface area contributed by atoms with Crippen LogP contribution in [0.2, 0.25) is 0 Å². The molecule has 0 unspecified atom stereocenters. The molecule has 5 nitrogen and oxygen atoms in total. The van der Waals surface area contributed by atoms with E-state index in [-0.39, 0.29) is 11.8 Å². The van der Waals surface area contributed by atoms with Crippen LogP contribution >= 0.6 is 0 Å². The molecule has 3 aromatic rings. The summed E-state index contributed by atoms with van der Waals surface area (Å²) in [7, 11) is 0. The summed E-state index contributed by atoms with van der Waals surface area (Å²) in [6.07, 6.45) is 1.66. The second-order valence-corrected chi connectivity index (χ2v) is 9.15. The molecule has 1 saturated heterocycles. The van der Waals surface area contributed by atoms with Gasteiger partial charge in [0.15, 0.2) is 5.82 Å². The molecule has 0 atom stereocenters. The van der Waals surface area contributed by atoms with Gasteiger partial charge in [-0.15, -0.1) is 0 Å². The number of hydrogen-bond donors (Lipinski definition) is 0. The molecule has 2 heterocycles. The number of aromatic nitrogens is 2. The van der Waals surface area contributed by atoms with Gasteiger partial charge in [0.2, 0.25) is 5.91 Å². The molecule has 0 N–H and O–H groups in total. The second kappa shape index (κ2) is 10.2. The van der Waals surface area contributed by atoms with E-state index < -0.39 is 0 Å². The number of benzene rings is 2. The topological polar surface area (TPSA) is 49.3 Å². The van der Waals surface area contributed by atoms with Crippen molar-refractivity contribution in [3.8, 4) is 11.4 Å². The molecule has 172 valence electrons. The maximum atomic E-state index is 12.5. The van der Waals surface area contributed by atoms with Crippen LogP contribution in [-0.4, -0.2) is 47.0 Å². The van der Waals surface area contributed by atoms with Crippen LogP contribution in [0.4, 0.5) is 5.82 Å². The Labute approximate surface area is 197 Å².